The molecule has 3 aliphatic carbocycles. The topological polar surface area (TPSA) is 112 Å². The number of nitrogens with zero attached hydrogens (tertiary/aromatic N) is 2. The molecule has 5 unspecified atom stereocenters. The summed E-state index contributed by atoms with van der Waals surface area (Å²) in [5.74, 6) is 0.748. The third-order valence-electron chi connectivity index (χ3n) is 9.86. The van der Waals surface area contributed by atoms with Gasteiger partial charge in [0.25, 0.3) is 10.0 Å². The second-order valence-corrected chi connectivity index (χ2v) is 14.8. The molecule has 3 saturated carbocycles. The Labute approximate surface area is 233 Å². The lowest BCUT2D eigenvalue weighted by Crippen LogP contribution is -2.53. The van der Waals surface area contributed by atoms with Gasteiger partial charge in [-0.2, -0.15) is 4.31 Å². The Kier molecular flexibility index (Phi) is 10.3. The van der Waals surface area contributed by atoms with Crippen molar-refractivity contribution in [1.29, 1.82) is 5.41 Å². The number of sulfonamides is 1. The van der Waals surface area contributed by atoms with E-state index in [9.17, 15) is 12.8 Å². The molecule has 4 aliphatic rings. The van der Waals surface area contributed by atoms with Crippen molar-refractivity contribution in [2.75, 3.05) is 20.1 Å². The van der Waals surface area contributed by atoms with Crippen molar-refractivity contribution < 1.29 is 12.8 Å². The Hall–Kier alpha value is -1.03. The van der Waals surface area contributed by atoms with Crippen LogP contribution in [0.1, 0.15) is 83.5 Å². The zero-order valence-electron chi connectivity index (χ0n) is 22.8. The summed E-state index contributed by atoms with van der Waals surface area (Å²) in [6.45, 7) is 0.872. The Morgan fingerprint density at radius 3 is 2.55 bits per heavy atom. The first kappa shape index (κ1) is 29.9. The summed E-state index contributed by atoms with van der Waals surface area (Å²) in [5.41, 5.74) is 5.78. The fourth-order valence-corrected chi connectivity index (χ4v) is 9.60. The van der Waals surface area contributed by atoms with Crippen molar-refractivity contribution in [2.24, 2.45) is 33.9 Å². The van der Waals surface area contributed by atoms with Gasteiger partial charge in [-0.25, -0.2) is 12.8 Å². The number of rotatable bonds is 9. The van der Waals surface area contributed by atoms with Crippen molar-refractivity contribution in [3.63, 3.8) is 0 Å². The fourth-order valence-electron chi connectivity index (χ4n) is 7.75. The molecule has 1 heterocycles. The van der Waals surface area contributed by atoms with Gasteiger partial charge in [-0.15, -0.1) is 11.6 Å². The van der Waals surface area contributed by atoms with Crippen LogP contribution in [0.5, 0.6) is 0 Å². The second kappa shape index (κ2) is 13.1. The van der Waals surface area contributed by atoms with E-state index in [2.05, 4.69) is 10.3 Å². The third kappa shape index (κ3) is 6.81. The first-order chi connectivity index (χ1) is 18.2. The lowest BCUT2D eigenvalue weighted by atomic mass is 9.60. The van der Waals surface area contributed by atoms with E-state index in [0.29, 0.717) is 31.8 Å². The lowest BCUT2D eigenvalue weighted by molar-refractivity contribution is 0.0679. The van der Waals surface area contributed by atoms with Crippen LogP contribution in [0.3, 0.4) is 0 Å². The quantitative estimate of drug-likeness (QED) is 0.267. The van der Waals surface area contributed by atoms with E-state index in [1.807, 2.05) is 0 Å². The van der Waals surface area contributed by atoms with Crippen LogP contribution >= 0.6 is 11.6 Å². The smallest absolute Gasteiger partial charge is 0.258 e. The average Bonchev–Trinajstić information content (AvgIpc) is 3.34. The summed E-state index contributed by atoms with van der Waals surface area (Å²) in [6, 6.07) is 0.381. The summed E-state index contributed by atoms with van der Waals surface area (Å²) >= 11 is 7.22. The zero-order chi connectivity index (χ0) is 27.3. The van der Waals surface area contributed by atoms with Gasteiger partial charge in [-0.1, -0.05) is 32.1 Å². The van der Waals surface area contributed by atoms with Crippen molar-refractivity contribution in [3.05, 3.63) is 11.1 Å². The summed E-state index contributed by atoms with van der Waals surface area (Å²) in [4.78, 5) is 3.85. The van der Waals surface area contributed by atoms with Gasteiger partial charge in [-0.3, -0.25) is 4.99 Å². The minimum Gasteiger partial charge on any atom is -0.388 e. The number of hydrogen-bond donors (Lipinski definition) is 3. The monoisotopic (exact) mass is 571 g/mol. The van der Waals surface area contributed by atoms with Crippen LogP contribution < -0.4 is 11.1 Å². The standard InChI is InChI=1S/C28H47ClFN5O2S/c1-33-13-11-27(32)38(36,37)35-14-12-28(19-35,17-20-5-3-2-4-6-20)24-15-21(18-31)26(16-25(24)29)34-23-9-7-22(30)8-10-23/h11,13,18,20-26,31,34H,2-10,12,14-17,19,32H2,1H3. The zero-order valence-corrected chi connectivity index (χ0v) is 24.4. The summed E-state index contributed by atoms with van der Waals surface area (Å²) in [5, 5.41) is 11.7. The maximum absolute atomic E-state index is 13.7. The Morgan fingerprint density at radius 2 is 1.89 bits per heavy atom. The van der Waals surface area contributed by atoms with Crippen LogP contribution in [0.15, 0.2) is 16.1 Å². The van der Waals surface area contributed by atoms with Gasteiger partial charge in [0.2, 0.25) is 0 Å². The van der Waals surface area contributed by atoms with Crippen molar-refractivity contribution in [1.82, 2.24) is 9.62 Å². The van der Waals surface area contributed by atoms with Gasteiger partial charge in [0, 0.05) is 49.7 Å². The van der Waals surface area contributed by atoms with E-state index in [-0.39, 0.29) is 39.7 Å². The van der Waals surface area contributed by atoms with E-state index >= 15 is 0 Å². The van der Waals surface area contributed by atoms with Crippen molar-refractivity contribution >= 4 is 34.1 Å². The Bertz CT molecular complexity index is 964. The Balaban J connectivity index is 1.54. The van der Waals surface area contributed by atoms with Crippen LogP contribution in [-0.2, 0) is 10.0 Å². The summed E-state index contributed by atoms with van der Waals surface area (Å²) in [7, 11) is -2.20. The average molecular weight is 572 g/mol. The first-order valence-electron chi connectivity index (χ1n) is 14.6. The van der Waals surface area contributed by atoms with Crippen LogP contribution in [-0.4, -0.2) is 68.9 Å². The van der Waals surface area contributed by atoms with Crippen LogP contribution in [0.25, 0.3) is 0 Å². The number of nitrogens with one attached hydrogen (secondary N) is 2. The molecular formula is C28H47ClFN5O2S. The predicted octanol–water partition coefficient (Wildman–Crippen LogP) is 5.00. The normalized spacial score (nSPS) is 38.6. The van der Waals surface area contributed by atoms with E-state index in [4.69, 9.17) is 22.7 Å². The highest BCUT2D eigenvalue weighted by atomic mass is 35.5. The van der Waals surface area contributed by atoms with E-state index in [1.54, 1.807) is 17.6 Å². The molecule has 0 aromatic heterocycles. The molecule has 0 bridgehead atoms. The van der Waals surface area contributed by atoms with E-state index in [1.165, 1.54) is 44.4 Å². The molecule has 0 amide bonds. The first-order valence-corrected chi connectivity index (χ1v) is 16.5. The minimum atomic E-state index is -3.78. The number of allylic oxidation sites excluding steroid dienone is 1. The number of halogens is 2. The van der Waals surface area contributed by atoms with Crippen LogP contribution in [0, 0.1) is 28.6 Å². The molecular weight excluding hydrogens is 525 g/mol. The third-order valence-corrected chi connectivity index (χ3v) is 12.1. The molecule has 1 saturated heterocycles. The summed E-state index contributed by atoms with van der Waals surface area (Å²) < 4.78 is 42.0. The van der Waals surface area contributed by atoms with Gasteiger partial charge in [0.05, 0.1) is 0 Å². The number of hydrogen-bond acceptors (Lipinski definition) is 6. The molecule has 0 radical (unpaired) electrons. The highest BCUT2D eigenvalue weighted by molar-refractivity contribution is 7.93. The molecule has 216 valence electrons. The van der Waals surface area contributed by atoms with Gasteiger partial charge in [0.15, 0.2) is 0 Å². The largest absolute Gasteiger partial charge is 0.388 e. The van der Waals surface area contributed by atoms with Gasteiger partial charge in [-0.05, 0) is 80.9 Å². The molecule has 0 aromatic carbocycles. The van der Waals surface area contributed by atoms with Crippen molar-refractivity contribution in [3.8, 4) is 0 Å². The van der Waals surface area contributed by atoms with Gasteiger partial charge < -0.3 is 16.5 Å². The van der Waals surface area contributed by atoms with Gasteiger partial charge >= 0.3 is 0 Å². The molecule has 5 atom stereocenters. The molecule has 1 aliphatic heterocycles. The number of nitrogens with two attached hydrogens (primary N) is 1. The molecule has 4 rings (SSSR count). The maximum atomic E-state index is 13.7. The molecule has 10 heteroatoms. The lowest BCUT2D eigenvalue weighted by Gasteiger charge is -2.49. The number of aliphatic imine (C=N–C) groups is 1. The van der Waals surface area contributed by atoms with Gasteiger partial charge in [0.1, 0.15) is 11.2 Å². The SMILES string of the molecule is CN=CC=C(N)S(=O)(=O)N1CCC(CC2CCCCC2)(C2CC(C=N)C(NC3CCC(F)CC3)CC2Cl)C1. The van der Waals surface area contributed by atoms with E-state index in [0.717, 1.165) is 38.5 Å². The maximum Gasteiger partial charge on any atom is 0.258 e. The molecule has 7 nitrogen and oxygen atoms in total. The number of alkyl halides is 2. The van der Waals surface area contributed by atoms with E-state index < -0.39 is 16.2 Å². The second-order valence-electron chi connectivity index (χ2n) is 12.3. The minimum absolute atomic E-state index is 0.0396. The predicted molar refractivity (Wildman–Crippen MR) is 154 cm³/mol. The Morgan fingerprint density at radius 1 is 1.18 bits per heavy atom. The highest BCUT2D eigenvalue weighted by Gasteiger charge is 2.53. The van der Waals surface area contributed by atoms with Crippen LogP contribution in [0.4, 0.5) is 4.39 Å². The fraction of sp³-hybridized carbons (Fsp3) is 0.857. The van der Waals surface area contributed by atoms with Crippen LogP contribution in [0.2, 0.25) is 0 Å². The molecule has 4 fully saturated rings. The molecule has 4 N–H and O–H groups in total. The molecule has 0 spiro atoms. The molecule has 0 aromatic rings. The highest BCUT2D eigenvalue weighted by Crippen LogP contribution is 2.53. The molecule has 38 heavy (non-hydrogen) atoms. The van der Waals surface area contributed by atoms with Crippen molar-refractivity contribution in [2.45, 2.75) is 107 Å². The summed E-state index contributed by atoms with van der Waals surface area (Å²) in [6.07, 6.45) is 15.9.